The number of carbonyl (C=O) groups is 10. The van der Waals surface area contributed by atoms with E-state index in [9.17, 15) is 73.5 Å². The number of Topliss-reactive ketones (excluding diaryl/α,β-unsaturated/α-hetero) is 1. The average molecular weight is 1660 g/mol. The first-order valence-electron chi connectivity index (χ1n) is 35.9. The van der Waals surface area contributed by atoms with Crippen molar-refractivity contribution in [2.24, 2.45) is 16.6 Å². The van der Waals surface area contributed by atoms with Gasteiger partial charge >= 0.3 is 5.97 Å². The Balaban J connectivity index is 1.01. The number of aliphatic hydroxyl groups is 5. The highest BCUT2D eigenvalue weighted by molar-refractivity contribution is 7.12. The summed E-state index contributed by atoms with van der Waals surface area (Å²) in [7, 11) is 0. The van der Waals surface area contributed by atoms with E-state index in [1.54, 1.807) is 45.2 Å². The van der Waals surface area contributed by atoms with Gasteiger partial charge in [0.05, 0.1) is 89.8 Å². The summed E-state index contributed by atoms with van der Waals surface area (Å²) in [6, 6.07) is -6.05. The van der Waals surface area contributed by atoms with Crippen LogP contribution < -0.4 is 64.2 Å². The second-order valence-corrected chi connectivity index (χ2v) is 32.1. The van der Waals surface area contributed by atoms with Crippen molar-refractivity contribution in [3.8, 4) is 0 Å². The summed E-state index contributed by atoms with van der Waals surface area (Å²) in [6.07, 6.45) is 0.367. The Bertz CT molecular complexity index is 4810. The maximum Gasteiger partial charge on any atom is 0.357 e. The number of thiazole rings is 5. The Morgan fingerprint density at radius 3 is 2.15 bits per heavy atom. The minimum Gasteiger partial charge on any atom is -0.456 e. The predicted octanol–water partition coefficient (Wildman–Crippen LogP) is 2.94. The third-order valence-electron chi connectivity index (χ3n) is 19.1. The fourth-order valence-corrected chi connectivity index (χ4v) is 16.3. The summed E-state index contributed by atoms with van der Waals surface area (Å²) >= 11 is 5.16. The number of allylic oxidation sites excluding steroid dienone is 1. The van der Waals surface area contributed by atoms with Crippen LogP contribution in [0.15, 0.2) is 105 Å². The molecule has 6 aromatic heterocycles. The second-order valence-electron chi connectivity index (χ2n) is 27.8. The van der Waals surface area contributed by atoms with Gasteiger partial charge in [-0.2, -0.15) is 0 Å². The number of nitrogens with two attached hydrogens (primary N) is 1. The molecule has 2 aliphatic heterocycles. The van der Waals surface area contributed by atoms with Crippen LogP contribution in [0.1, 0.15) is 207 Å². The predicted molar refractivity (Wildman–Crippen MR) is 427 cm³/mol. The van der Waals surface area contributed by atoms with Crippen molar-refractivity contribution in [2.75, 3.05) is 19.6 Å². The van der Waals surface area contributed by atoms with Crippen LogP contribution in [0, 0.1) is 5.92 Å². The van der Waals surface area contributed by atoms with E-state index in [1.807, 2.05) is 13.8 Å². The molecule has 0 fully saturated rings. The van der Waals surface area contributed by atoms with Crippen LogP contribution in [0.2, 0.25) is 0 Å². The number of aromatic nitrogens is 6. The molecule has 0 radical (unpaired) electrons. The minimum absolute atomic E-state index is 0.00617. The van der Waals surface area contributed by atoms with Crippen LogP contribution in [0.25, 0.3) is 11.8 Å². The van der Waals surface area contributed by atoms with Crippen molar-refractivity contribution in [1.82, 2.24) is 88.4 Å². The molecule has 15 unspecified atom stereocenters. The van der Waals surface area contributed by atoms with Crippen LogP contribution in [-0.4, -0.2) is 194 Å². The van der Waals surface area contributed by atoms with Crippen LogP contribution >= 0.6 is 56.7 Å². The molecule has 8 heterocycles. The Hall–Kier alpha value is -10.4. The zero-order chi connectivity index (χ0) is 83.5. The number of nitrogens with zero attached hydrogens (tertiary/aromatic N) is 7. The molecule has 40 heteroatoms. The third kappa shape index (κ3) is 20.8. The molecule has 1 spiro atoms. The number of ketones is 1. The van der Waals surface area contributed by atoms with Gasteiger partial charge < -0.3 is 83.9 Å². The van der Waals surface area contributed by atoms with Gasteiger partial charge in [0.1, 0.15) is 88.9 Å². The fourth-order valence-electron chi connectivity index (χ4n) is 11.9. The average Bonchev–Trinajstić information content (AvgIpc) is 1.47. The van der Waals surface area contributed by atoms with Crippen molar-refractivity contribution in [2.45, 2.75) is 172 Å². The van der Waals surface area contributed by atoms with E-state index >= 15 is 0 Å². The number of aliphatic hydroxyl groups excluding tert-OH is 4. The number of esters is 1. The lowest BCUT2D eigenvalue weighted by Crippen LogP contribution is -2.55. The molecule has 0 saturated carbocycles. The van der Waals surface area contributed by atoms with Crippen LogP contribution in [0.4, 0.5) is 0 Å². The van der Waals surface area contributed by atoms with Gasteiger partial charge in [0.25, 0.3) is 35.4 Å². The number of cyclic esters (lactones) is 1. The van der Waals surface area contributed by atoms with Crippen LogP contribution in [0.3, 0.4) is 0 Å². The molecule has 35 nitrogen and oxygen atoms in total. The summed E-state index contributed by atoms with van der Waals surface area (Å²) in [5, 5.41) is 96.7. The number of aliphatic imine (C=N–C) groups is 1. The molecule has 1 aliphatic carbocycles. The Kier molecular flexibility index (Phi) is 29.0. The third-order valence-corrected chi connectivity index (χ3v) is 23.7. The van der Waals surface area contributed by atoms with Crippen molar-refractivity contribution in [3.05, 3.63) is 171 Å². The standard InChI is InChI=1S/C74H91N19O16S5/c1-15-31(3)53-65(105)80-32(4)24-77-36(8)60(100)81-33(5)34(6)93-74(20-19-46(79-30-74)68-89-49(27-112-68)62(102)83-37(9)61(101)82-35(7)59(75)99)72-90-51(29-114-72)63(103)91-54(39(11)95)66(106)86-44(16-2)67-88-50(28-111-67)64(104)92-58(73(14,108)41(13)96)70-87-48(26-113-70)52(97)25-78-55(69-76-21-22-110-69)40(12)109-71(107)47-23-43(38(10)94)42-17-18-45(84-53)57(98)56(42)85-47/h16-18,21-23,26-29,31-33,38-41,45,53-55,57-58,77-78,84,93-96,98,108H,6-9,15,19-20,24-25,30H2,1-5,10-14H3,(H2,75,99)(H,80,105)(H,81,100)(H,82,101)(H,83,102)(H,86,106)(H,91,103)(H,92,104). The van der Waals surface area contributed by atoms with E-state index in [4.69, 9.17) is 20.4 Å². The summed E-state index contributed by atoms with van der Waals surface area (Å²) in [5.41, 5.74) is 1.29. The van der Waals surface area contributed by atoms with Gasteiger partial charge in [-0.05, 0) is 85.8 Å². The van der Waals surface area contributed by atoms with E-state index in [2.05, 4.69) is 110 Å². The number of rotatable bonds is 13. The van der Waals surface area contributed by atoms with Crippen molar-refractivity contribution in [3.63, 3.8) is 0 Å². The highest BCUT2D eigenvalue weighted by atomic mass is 32.1. The van der Waals surface area contributed by atoms with E-state index in [-0.39, 0.29) is 98.7 Å². The van der Waals surface area contributed by atoms with Gasteiger partial charge in [-0.1, -0.05) is 64.8 Å². The number of hydrogen-bond acceptors (Lipinski definition) is 32. The normalized spacial score (nSPS) is 24.9. The van der Waals surface area contributed by atoms with E-state index in [1.165, 1.54) is 78.9 Å². The lowest BCUT2D eigenvalue weighted by atomic mass is 9.89. The van der Waals surface area contributed by atoms with Crippen molar-refractivity contribution < 1.29 is 78.2 Å². The monoisotopic (exact) mass is 1660 g/mol. The number of hydrogen-bond donors (Lipinski definition) is 17. The topological polar surface area (TPSA) is 529 Å². The van der Waals surface area contributed by atoms with E-state index < -0.39 is 161 Å². The molecular weight excluding hydrogens is 1570 g/mol. The van der Waals surface area contributed by atoms with Crippen LogP contribution in [0.5, 0.6) is 0 Å². The molecule has 6 aromatic rings. The largest absolute Gasteiger partial charge is 0.456 e. The first kappa shape index (κ1) is 87.6. The minimum atomic E-state index is -2.12. The number of primary amides is 1. The maximum absolute atomic E-state index is 14.4. The zero-order valence-electron chi connectivity index (χ0n) is 63.8. The molecule has 9 rings (SSSR count). The lowest BCUT2D eigenvalue weighted by molar-refractivity contribution is -0.125. The van der Waals surface area contributed by atoms with Gasteiger partial charge in [-0.25, -0.2) is 34.7 Å². The van der Waals surface area contributed by atoms with Crippen molar-refractivity contribution >= 4 is 133 Å². The van der Waals surface area contributed by atoms with Gasteiger partial charge in [0.15, 0.2) is 5.78 Å². The molecule has 0 aromatic carbocycles. The molecule has 15 atom stereocenters. The highest BCUT2D eigenvalue weighted by Crippen LogP contribution is 2.38. The molecule has 114 heavy (non-hydrogen) atoms. The lowest BCUT2D eigenvalue weighted by Gasteiger charge is -2.37. The Morgan fingerprint density at radius 1 is 0.807 bits per heavy atom. The highest BCUT2D eigenvalue weighted by Gasteiger charge is 2.44. The van der Waals surface area contributed by atoms with E-state index in [0.717, 1.165) is 45.3 Å². The summed E-state index contributed by atoms with van der Waals surface area (Å²) < 4.78 is 6.03. The molecule has 0 saturated heterocycles. The molecule has 3 aliphatic rings. The SMILES string of the molecule is C=C(NC(=O)C(=C)NC(=O)c1csc(C2=NCC3(CC2)NC(=C)C(C)NC(=O)C(=C)NCC(C)NC(=O)C(C(C)CC)NC2C=Cc4c(C(C)O)cc(nc4C2O)C(=O)OC(C)C(c2nccs2)NCC(=O)c2csc(n2)C(C(C)(O)C(C)O)NC(=O)c2csc(n2)C(=CC)NC(=O)C(C(C)O)NC(=O)c2csc3n2)n1)C(N)=O. The molecular formula is C74H91N19O16S5. The summed E-state index contributed by atoms with van der Waals surface area (Å²) in [4.78, 5) is 169. The first-order chi connectivity index (χ1) is 53.8. The Morgan fingerprint density at radius 2 is 1.50 bits per heavy atom. The summed E-state index contributed by atoms with van der Waals surface area (Å²) in [6.45, 7) is 30.2. The van der Waals surface area contributed by atoms with Gasteiger partial charge in [0.2, 0.25) is 11.8 Å². The second kappa shape index (κ2) is 37.7. The number of carbonyl (C=O) groups excluding carboxylic acids is 10. The Labute approximate surface area is 675 Å². The number of pyridine rings is 1. The number of ether oxygens (including phenoxy) is 1. The van der Waals surface area contributed by atoms with E-state index in [0.29, 0.717) is 32.7 Å². The maximum atomic E-state index is 14.4. The summed E-state index contributed by atoms with van der Waals surface area (Å²) in [5.74, 6) is -8.39. The first-order valence-corrected chi connectivity index (χ1v) is 40.3. The van der Waals surface area contributed by atoms with Crippen molar-refractivity contribution in [1.29, 1.82) is 0 Å². The number of fused-ring (bicyclic) bond motifs is 9. The quantitative estimate of drug-likeness (QED) is 0.0584. The number of nitrogens with one attached hydrogen (secondary N) is 11. The molecule has 9 bridgehead atoms. The molecule has 608 valence electrons. The molecule has 8 amide bonds. The van der Waals surface area contributed by atoms with Gasteiger partial charge in [0, 0.05) is 56.9 Å². The fraction of sp³-hybridized carbons (Fsp3) is 0.419. The van der Waals surface area contributed by atoms with Crippen LogP contribution in [-0.2, 0) is 34.2 Å². The molecule has 18 N–H and O–H groups in total. The van der Waals surface area contributed by atoms with Gasteiger partial charge in [-0.3, -0.25) is 58.8 Å². The smallest absolute Gasteiger partial charge is 0.357 e. The zero-order valence-corrected chi connectivity index (χ0v) is 67.9. The number of amides is 8. The van der Waals surface area contributed by atoms with Gasteiger partial charge in [-0.15, -0.1) is 56.7 Å².